The molecule has 94 valence electrons. The fraction of sp³-hybridized carbons (Fsp3) is 0.500. The Kier molecular flexibility index (Phi) is 4.40. The Balaban J connectivity index is 2.94. The number of ether oxygens (including phenoxy) is 1. The summed E-state index contributed by atoms with van der Waals surface area (Å²) in [6, 6.07) is 4.91. The molecule has 0 aromatic heterocycles. The van der Waals surface area contributed by atoms with Gasteiger partial charge in [-0.25, -0.2) is 0 Å². The Hall–Kier alpha value is -1.23. The molecule has 0 atom stereocenters. The lowest BCUT2D eigenvalue weighted by atomic mass is 9.98. The van der Waals surface area contributed by atoms with Crippen molar-refractivity contribution in [3.8, 4) is 5.75 Å². The predicted molar refractivity (Wildman–Crippen MR) is 71.0 cm³/mol. The van der Waals surface area contributed by atoms with Gasteiger partial charge in [-0.05, 0) is 18.2 Å². The van der Waals surface area contributed by atoms with E-state index >= 15 is 0 Å². The number of hydrogen-bond donors (Lipinski definition) is 1. The van der Waals surface area contributed by atoms with Crippen molar-refractivity contribution in [1.29, 1.82) is 0 Å². The van der Waals surface area contributed by atoms with Crippen molar-refractivity contribution in [2.24, 2.45) is 5.41 Å². The maximum absolute atomic E-state index is 10.9. The van der Waals surface area contributed by atoms with Crippen LogP contribution in [0.5, 0.6) is 5.75 Å². The minimum atomic E-state index is -0.421. The molecule has 0 aliphatic rings. The van der Waals surface area contributed by atoms with Gasteiger partial charge < -0.3 is 4.74 Å². The third-order valence-corrected chi connectivity index (χ3v) is 3.28. The molecule has 1 aromatic carbocycles. The molecule has 0 saturated heterocycles. The van der Waals surface area contributed by atoms with Crippen molar-refractivity contribution in [3.05, 3.63) is 33.9 Å². The normalized spacial score (nSPS) is 11.3. The molecule has 0 spiro atoms. The first-order valence-electron chi connectivity index (χ1n) is 5.35. The van der Waals surface area contributed by atoms with Crippen LogP contribution < -0.4 is 4.74 Å². The van der Waals surface area contributed by atoms with Crippen molar-refractivity contribution in [2.45, 2.75) is 20.8 Å². The SMILES string of the molecule is Cc1cccc([N+](=O)[O-])c1OCC(C)(C)CS. The highest BCUT2D eigenvalue weighted by Crippen LogP contribution is 2.31. The van der Waals surface area contributed by atoms with Crippen LogP contribution in [-0.4, -0.2) is 17.3 Å². The number of rotatable bonds is 5. The van der Waals surface area contributed by atoms with E-state index in [1.807, 2.05) is 13.8 Å². The molecular formula is C12H17NO3S. The lowest BCUT2D eigenvalue weighted by Crippen LogP contribution is -2.23. The first-order chi connectivity index (χ1) is 7.87. The number of thiol groups is 1. The lowest BCUT2D eigenvalue weighted by Gasteiger charge is -2.22. The second-order valence-corrected chi connectivity index (χ2v) is 5.11. The van der Waals surface area contributed by atoms with E-state index in [9.17, 15) is 10.1 Å². The first kappa shape index (κ1) is 13.8. The first-order valence-corrected chi connectivity index (χ1v) is 5.98. The number of hydrogen-bond acceptors (Lipinski definition) is 4. The second kappa shape index (κ2) is 5.40. The van der Waals surface area contributed by atoms with Crippen LogP contribution in [-0.2, 0) is 0 Å². The Bertz CT molecular complexity index is 418. The predicted octanol–water partition coefficient (Wildman–Crippen LogP) is 3.24. The van der Waals surface area contributed by atoms with Crippen LogP contribution in [0, 0.1) is 22.5 Å². The molecule has 0 N–H and O–H groups in total. The maximum Gasteiger partial charge on any atom is 0.311 e. The zero-order valence-electron chi connectivity index (χ0n) is 10.3. The maximum atomic E-state index is 10.9. The van der Waals surface area contributed by atoms with Gasteiger partial charge in [0.05, 0.1) is 11.5 Å². The Morgan fingerprint density at radius 2 is 2.12 bits per heavy atom. The smallest absolute Gasteiger partial charge is 0.311 e. The standard InChI is InChI=1S/C12H17NO3S/c1-9-5-4-6-10(13(14)15)11(9)16-7-12(2,3)8-17/h4-6,17H,7-8H2,1-3H3. The van der Waals surface area contributed by atoms with Gasteiger partial charge in [0.1, 0.15) is 0 Å². The quantitative estimate of drug-likeness (QED) is 0.499. The van der Waals surface area contributed by atoms with E-state index in [4.69, 9.17) is 4.74 Å². The van der Waals surface area contributed by atoms with E-state index in [1.165, 1.54) is 6.07 Å². The molecule has 1 rings (SSSR count). The third kappa shape index (κ3) is 3.63. The molecule has 0 unspecified atom stereocenters. The summed E-state index contributed by atoms with van der Waals surface area (Å²) in [5.41, 5.74) is 0.674. The van der Waals surface area contributed by atoms with Gasteiger partial charge in [-0.15, -0.1) is 0 Å². The fourth-order valence-corrected chi connectivity index (χ4v) is 1.37. The summed E-state index contributed by atoms with van der Waals surface area (Å²) in [6.07, 6.45) is 0. The lowest BCUT2D eigenvalue weighted by molar-refractivity contribution is -0.386. The zero-order valence-corrected chi connectivity index (χ0v) is 11.2. The van der Waals surface area contributed by atoms with Gasteiger partial charge in [0.2, 0.25) is 0 Å². The van der Waals surface area contributed by atoms with E-state index in [-0.39, 0.29) is 11.1 Å². The fourth-order valence-electron chi connectivity index (χ4n) is 1.28. The van der Waals surface area contributed by atoms with Crippen LogP contribution >= 0.6 is 12.6 Å². The average Bonchev–Trinajstić information content (AvgIpc) is 2.27. The topological polar surface area (TPSA) is 52.4 Å². The average molecular weight is 255 g/mol. The summed E-state index contributed by atoms with van der Waals surface area (Å²) < 4.78 is 5.59. The molecule has 0 aliphatic carbocycles. The summed E-state index contributed by atoms with van der Waals surface area (Å²) in [6.45, 7) is 6.21. The highest BCUT2D eigenvalue weighted by atomic mass is 32.1. The largest absolute Gasteiger partial charge is 0.486 e. The highest BCUT2D eigenvalue weighted by Gasteiger charge is 2.21. The minimum Gasteiger partial charge on any atom is -0.486 e. The highest BCUT2D eigenvalue weighted by molar-refractivity contribution is 7.80. The van der Waals surface area contributed by atoms with E-state index < -0.39 is 4.92 Å². The molecule has 4 nitrogen and oxygen atoms in total. The van der Waals surface area contributed by atoms with Crippen molar-refractivity contribution in [1.82, 2.24) is 0 Å². The zero-order chi connectivity index (χ0) is 13.1. The van der Waals surface area contributed by atoms with Gasteiger partial charge in [0, 0.05) is 11.5 Å². The van der Waals surface area contributed by atoms with E-state index in [2.05, 4.69) is 12.6 Å². The Labute approximate surface area is 107 Å². The molecular weight excluding hydrogens is 238 g/mol. The number of benzene rings is 1. The molecule has 0 radical (unpaired) electrons. The van der Waals surface area contributed by atoms with Gasteiger partial charge in [-0.1, -0.05) is 26.0 Å². The van der Waals surface area contributed by atoms with Crippen molar-refractivity contribution >= 4 is 18.3 Å². The summed E-state index contributed by atoms with van der Waals surface area (Å²) in [5.74, 6) is 1.01. The van der Waals surface area contributed by atoms with Crippen molar-refractivity contribution in [3.63, 3.8) is 0 Å². The van der Waals surface area contributed by atoms with E-state index in [1.54, 1.807) is 19.1 Å². The monoisotopic (exact) mass is 255 g/mol. The van der Waals surface area contributed by atoms with Crippen molar-refractivity contribution < 1.29 is 9.66 Å². The number of aryl methyl sites for hydroxylation is 1. The molecule has 5 heteroatoms. The van der Waals surface area contributed by atoms with Gasteiger partial charge in [-0.3, -0.25) is 10.1 Å². The number of para-hydroxylation sites is 1. The van der Waals surface area contributed by atoms with Gasteiger partial charge >= 0.3 is 5.69 Å². The number of nitro benzene ring substituents is 1. The van der Waals surface area contributed by atoms with Crippen LogP contribution in [0.4, 0.5) is 5.69 Å². The minimum absolute atomic E-state index is 0.0139. The molecule has 0 bridgehead atoms. The molecule has 0 aliphatic heterocycles. The molecule has 0 amide bonds. The second-order valence-electron chi connectivity index (χ2n) is 4.79. The van der Waals surface area contributed by atoms with Gasteiger partial charge in [-0.2, -0.15) is 12.6 Å². The molecule has 0 fully saturated rings. The third-order valence-electron chi connectivity index (χ3n) is 2.42. The van der Waals surface area contributed by atoms with Crippen LogP contribution in [0.15, 0.2) is 18.2 Å². The number of nitro groups is 1. The molecule has 0 saturated carbocycles. The van der Waals surface area contributed by atoms with E-state index in [0.717, 1.165) is 5.56 Å². The summed E-state index contributed by atoms with van der Waals surface area (Å²) in [5, 5.41) is 10.9. The number of nitrogens with zero attached hydrogens (tertiary/aromatic N) is 1. The summed E-state index contributed by atoms with van der Waals surface area (Å²) in [4.78, 5) is 10.5. The summed E-state index contributed by atoms with van der Waals surface area (Å²) >= 11 is 4.23. The molecule has 17 heavy (non-hydrogen) atoms. The van der Waals surface area contributed by atoms with Gasteiger partial charge in [0.25, 0.3) is 0 Å². The van der Waals surface area contributed by atoms with Gasteiger partial charge in [0.15, 0.2) is 5.75 Å². The Morgan fingerprint density at radius 3 is 2.65 bits per heavy atom. The molecule has 1 aromatic rings. The van der Waals surface area contributed by atoms with Crippen LogP contribution in [0.25, 0.3) is 0 Å². The van der Waals surface area contributed by atoms with E-state index in [0.29, 0.717) is 18.1 Å². The van der Waals surface area contributed by atoms with Crippen LogP contribution in [0.1, 0.15) is 19.4 Å². The van der Waals surface area contributed by atoms with Crippen LogP contribution in [0.2, 0.25) is 0 Å². The molecule has 0 heterocycles. The summed E-state index contributed by atoms with van der Waals surface area (Å²) in [7, 11) is 0. The van der Waals surface area contributed by atoms with Crippen LogP contribution in [0.3, 0.4) is 0 Å². The Morgan fingerprint density at radius 1 is 1.47 bits per heavy atom. The van der Waals surface area contributed by atoms with Crippen molar-refractivity contribution in [2.75, 3.05) is 12.4 Å².